The van der Waals surface area contributed by atoms with E-state index in [4.69, 9.17) is 4.42 Å². The smallest absolute Gasteiger partial charge is 0.252 e. The van der Waals surface area contributed by atoms with Crippen molar-refractivity contribution < 1.29 is 4.42 Å². The third kappa shape index (κ3) is 9.16. The topological polar surface area (TPSA) is 22.9 Å². The molecule has 0 unspecified atom stereocenters. The van der Waals surface area contributed by atoms with Crippen LogP contribution in [0.5, 0.6) is 0 Å². The van der Waals surface area contributed by atoms with E-state index in [2.05, 4.69) is 297 Å². The summed E-state index contributed by atoms with van der Waals surface area (Å²) in [4.78, 5) is 7.62. The molecule has 8 aromatic carbocycles. The number of fused-ring (bicyclic) bond motifs is 7. The van der Waals surface area contributed by atoms with Crippen LogP contribution in [-0.4, -0.2) is 6.71 Å². The number of hydrogen-bond donors (Lipinski definition) is 0. The second kappa shape index (κ2) is 17.8. The third-order valence-corrected chi connectivity index (χ3v) is 16.6. The van der Waals surface area contributed by atoms with Crippen molar-refractivity contribution in [3.05, 3.63) is 191 Å². The maximum atomic E-state index is 7.13. The number of furan rings is 1. The molecule has 392 valence electrons. The molecule has 77 heavy (non-hydrogen) atoms. The standard InChI is InChI=1S/C72H80BN3O/c1-67(2,3)45-23-31-51(32-24-45)74(52-33-25-46(26-34-52)68(4,5)6)63-44-54(43-56-55-21-19-20-22-64(55)77-66(56)63)76-60-38-30-49(71(13,14)15)40-58(60)73-57-39-48(70(10,11)12)29-37-59(57)75(53-35-27-47(28-36-53)69(7,8)9)61-41-50(72(16,17)18)42-62(76)65(61)73/h19-44H,1-18H3. The maximum Gasteiger partial charge on any atom is 0.252 e. The summed E-state index contributed by atoms with van der Waals surface area (Å²) >= 11 is 0. The highest BCUT2D eigenvalue weighted by molar-refractivity contribution is 7.00. The molecule has 0 fully saturated rings. The number of anilines is 9. The molecule has 3 heterocycles. The van der Waals surface area contributed by atoms with Crippen LogP contribution in [0, 0.1) is 0 Å². The molecule has 0 N–H and O–H groups in total. The van der Waals surface area contributed by atoms with Crippen molar-refractivity contribution in [1.82, 2.24) is 0 Å². The number of benzene rings is 8. The monoisotopic (exact) mass is 1010 g/mol. The fourth-order valence-electron chi connectivity index (χ4n) is 11.8. The zero-order chi connectivity index (χ0) is 55.1. The molecular weight excluding hydrogens is 934 g/mol. The molecule has 0 radical (unpaired) electrons. The lowest BCUT2D eigenvalue weighted by Gasteiger charge is -2.46. The Morgan fingerprint density at radius 1 is 0.351 bits per heavy atom. The maximum absolute atomic E-state index is 7.13. The van der Waals surface area contributed by atoms with Gasteiger partial charge in [-0.25, -0.2) is 0 Å². The van der Waals surface area contributed by atoms with Gasteiger partial charge in [0.15, 0.2) is 5.58 Å². The van der Waals surface area contributed by atoms with Crippen molar-refractivity contribution in [2.75, 3.05) is 14.7 Å². The fraction of sp³-hybridized carbons (Fsp3) is 0.333. The van der Waals surface area contributed by atoms with Gasteiger partial charge < -0.3 is 19.1 Å². The van der Waals surface area contributed by atoms with Gasteiger partial charge in [-0.05, 0) is 161 Å². The first-order valence-electron chi connectivity index (χ1n) is 28.1. The normalized spacial score (nSPS) is 14.0. The van der Waals surface area contributed by atoms with Crippen LogP contribution in [0.2, 0.25) is 0 Å². The van der Waals surface area contributed by atoms with Crippen LogP contribution in [0.4, 0.5) is 51.2 Å². The lowest BCUT2D eigenvalue weighted by atomic mass is 9.33. The van der Waals surface area contributed by atoms with Crippen LogP contribution < -0.4 is 31.1 Å². The summed E-state index contributed by atoms with van der Waals surface area (Å²) in [6.45, 7) is 41.8. The Bertz CT molecular complexity index is 3680. The molecule has 2 aliphatic heterocycles. The highest BCUT2D eigenvalue weighted by atomic mass is 16.3. The molecule has 4 nitrogen and oxygen atoms in total. The summed E-state index contributed by atoms with van der Waals surface area (Å²) in [6.07, 6.45) is 0. The summed E-state index contributed by atoms with van der Waals surface area (Å²) in [5.74, 6) is 0. The second-order valence-corrected chi connectivity index (χ2v) is 28.5. The first-order valence-corrected chi connectivity index (χ1v) is 28.1. The zero-order valence-corrected chi connectivity index (χ0v) is 49.3. The minimum Gasteiger partial charge on any atom is -0.454 e. The molecule has 0 atom stereocenters. The van der Waals surface area contributed by atoms with Gasteiger partial charge in [-0.3, -0.25) is 0 Å². The Kier molecular flexibility index (Phi) is 12.0. The van der Waals surface area contributed by atoms with Crippen molar-refractivity contribution in [2.24, 2.45) is 0 Å². The summed E-state index contributed by atoms with van der Waals surface area (Å²) < 4.78 is 7.13. The summed E-state index contributed by atoms with van der Waals surface area (Å²) in [7, 11) is 0. The van der Waals surface area contributed by atoms with Crippen LogP contribution in [0.1, 0.15) is 158 Å². The molecule has 1 aromatic heterocycles. The Labute approximate surface area is 461 Å². The number of nitrogens with zero attached hydrogens (tertiary/aromatic N) is 3. The van der Waals surface area contributed by atoms with Crippen molar-refractivity contribution >= 4 is 96.2 Å². The summed E-state index contributed by atoms with van der Waals surface area (Å²) in [5.41, 5.74) is 23.4. The number of hydrogen-bond acceptors (Lipinski definition) is 4. The van der Waals surface area contributed by atoms with Crippen molar-refractivity contribution in [3.8, 4) is 0 Å². The molecular formula is C72H80BN3O. The Balaban J connectivity index is 1.26. The lowest BCUT2D eigenvalue weighted by molar-refractivity contribution is 0.589. The molecule has 0 amide bonds. The summed E-state index contributed by atoms with van der Waals surface area (Å²) in [6, 6.07) is 60.9. The SMILES string of the molecule is CC(C)(C)c1ccc(N2c3ccc(C(C)(C)C)cc3B3c4cc(C(C)(C)C)ccc4N(c4cc(N(c5ccc(C(C)(C)C)cc5)c5ccc(C(C)(C)C)cc5)c5oc6ccccc6c5c4)c4cc(C(C)(C)C)cc2c43)cc1. The first kappa shape index (κ1) is 52.1. The molecule has 0 saturated heterocycles. The predicted molar refractivity (Wildman–Crippen MR) is 335 cm³/mol. The average Bonchev–Trinajstić information content (AvgIpc) is 3.91. The lowest BCUT2D eigenvalue weighted by Crippen LogP contribution is -2.61. The molecule has 0 spiro atoms. The number of rotatable bonds is 5. The van der Waals surface area contributed by atoms with Crippen molar-refractivity contribution in [3.63, 3.8) is 0 Å². The van der Waals surface area contributed by atoms with Gasteiger partial charge in [0.25, 0.3) is 6.71 Å². The highest BCUT2D eigenvalue weighted by Crippen LogP contribution is 2.51. The van der Waals surface area contributed by atoms with Crippen LogP contribution in [-0.2, 0) is 32.5 Å². The minimum atomic E-state index is -0.174. The van der Waals surface area contributed by atoms with Crippen LogP contribution in [0.15, 0.2) is 162 Å². The zero-order valence-electron chi connectivity index (χ0n) is 49.3. The van der Waals surface area contributed by atoms with Gasteiger partial charge >= 0.3 is 0 Å². The van der Waals surface area contributed by atoms with Crippen molar-refractivity contribution in [2.45, 2.75) is 157 Å². The molecule has 11 rings (SSSR count). The molecule has 0 saturated carbocycles. The van der Waals surface area contributed by atoms with Gasteiger partial charge in [-0.2, -0.15) is 0 Å². The van der Waals surface area contributed by atoms with E-state index in [1.807, 2.05) is 0 Å². The van der Waals surface area contributed by atoms with E-state index in [0.29, 0.717) is 0 Å². The van der Waals surface area contributed by atoms with E-state index in [0.717, 1.165) is 50.4 Å². The second-order valence-electron chi connectivity index (χ2n) is 28.5. The highest BCUT2D eigenvalue weighted by Gasteiger charge is 2.45. The Morgan fingerprint density at radius 3 is 1.19 bits per heavy atom. The van der Waals surface area contributed by atoms with E-state index in [1.54, 1.807) is 0 Å². The molecule has 5 heteroatoms. The van der Waals surface area contributed by atoms with Gasteiger partial charge in [-0.15, -0.1) is 0 Å². The summed E-state index contributed by atoms with van der Waals surface area (Å²) in [5, 5.41) is 2.17. The van der Waals surface area contributed by atoms with E-state index in [-0.39, 0.29) is 39.2 Å². The quantitative estimate of drug-likeness (QED) is 0.160. The molecule has 2 aliphatic rings. The Hall–Kier alpha value is -6.98. The van der Waals surface area contributed by atoms with Crippen LogP contribution in [0.25, 0.3) is 21.9 Å². The van der Waals surface area contributed by atoms with Gasteiger partial charge in [0.2, 0.25) is 0 Å². The first-order chi connectivity index (χ1) is 36.0. The van der Waals surface area contributed by atoms with Gasteiger partial charge in [0.1, 0.15) is 5.58 Å². The molecule has 9 aromatic rings. The number of para-hydroxylation sites is 1. The fourth-order valence-corrected chi connectivity index (χ4v) is 11.8. The third-order valence-electron chi connectivity index (χ3n) is 16.6. The van der Waals surface area contributed by atoms with Crippen molar-refractivity contribution in [1.29, 1.82) is 0 Å². The average molecular weight is 1010 g/mol. The molecule has 0 aliphatic carbocycles. The van der Waals surface area contributed by atoms with E-state index >= 15 is 0 Å². The molecule has 0 bridgehead atoms. The van der Waals surface area contributed by atoms with Crippen LogP contribution >= 0.6 is 0 Å². The largest absolute Gasteiger partial charge is 0.454 e. The predicted octanol–water partition coefficient (Wildman–Crippen LogP) is 18.9. The van der Waals surface area contributed by atoms with E-state index in [1.165, 1.54) is 72.5 Å². The van der Waals surface area contributed by atoms with Gasteiger partial charge in [0.05, 0.1) is 5.69 Å². The minimum absolute atomic E-state index is 0.00296. The van der Waals surface area contributed by atoms with E-state index < -0.39 is 0 Å². The van der Waals surface area contributed by atoms with E-state index in [9.17, 15) is 0 Å². The van der Waals surface area contributed by atoms with Crippen LogP contribution in [0.3, 0.4) is 0 Å². The Morgan fingerprint density at radius 2 is 0.753 bits per heavy atom. The van der Waals surface area contributed by atoms with Gasteiger partial charge in [0, 0.05) is 56.3 Å². The van der Waals surface area contributed by atoms with Gasteiger partial charge in [-0.1, -0.05) is 203 Å².